The molecule has 2 amide bonds. The quantitative estimate of drug-likeness (QED) is 0.794. The lowest BCUT2D eigenvalue weighted by molar-refractivity contribution is -0.159. The van der Waals surface area contributed by atoms with Crippen molar-refractivity contribution in [3.05, 3.63) is 0 Å². The number of carbonyl (C=O) groups excluding carboxylic acids is 2. The summed E-state index contributed by atoms with van der Waals surface area (Å²) in [5, 5.41) is 3.20. The highest BCUT2D eigenvalue weighted by atomic mass is 16.2. The van der Waals surface area contributed by atoms with Crippen LogP contribution in [0.4, 0.5) is 0 Å². The van der Waals surface area contributed by atoms with E-state index in [2.05, 4.69) is 37.9 Å². The van der Waals surface area contributed by atoms with Gasteiger partial charge in [-0.25, -0.2) is 0 Å². The molecule has 7 atom stereocenters. The predicted octanol–water partition coefficient (Wildman–Crippen LogP) is 3.99. The average molecular weight is 375 g/mol. The third kappa shape index (κ3) is 2.76. The Morgan fingerprint density at radius 3 is 2.44 bits per heavy atom. The zero-order chi connectivity index (χ0) is 19.6. The summed E-state index contributed by atoms with van der Waals surface area (Å²) in [4.78, 5) is 27.2. The first kappa shape index (κ1) is 19.3. The minimum absolute atomic E-state index is 0.166. The zero-order valence-corrected chi connectivity index (χ0v) is 17.9. The fraction of sp³-hybridized carbons (Fsp3) is 0.913. The Hall–Kier alpha value is -1.06. The molecule has 0 spiro atoms. The lowest BCUT2D eigenvalue weighted by atomic mass is 9.47. The van der Waals surface area contributed by atoms with Crippen molar-refractivity contribution in [1.29, 1.82) is 0 Å². The van der Waals surface area contributed by atoms with Crippen molar-refractivity contribution in [2.45, 2.75) is 91.1 Å². The molecule has 4 nitrogen and oxygen atoms in total. The molecule has 0 radical (unpaired) electrons. The summed E-state index contributed by atoms with van der Waals surface area (Å²) >= 11 is 0. The molecule has 1 aliphatic heterocycles. The van der Waals surface area contributed by atoms with Gasteiger partial charge in [0.1, 0.15) is 0 Å². The fourth-order valence-corrected chi connectivity index (χ4v) is 7.97. The van der Waals surface area contributed by atoms with E-state index in [4.69, 9.17) is 0 Å². The molecule has 0 aromatic rings. The van der Waals surface area contributed by atoms with E-state index in [0.717, 1.165) is 31.1 Å². The number of nitrogens with one attached hydrogen (secondary N) is 1. The Bertz CT molecular complexity index is 632. The van der Waals surface area contributed by atoms with Gasteiger partial charge in [0.05, 0.1) is 0 Å². The molecule has 1 saturated heterocycles. The molecule has 4 fully saturated rings. The lowest BCUT2D eigenvalue weighted by Crippen LogP contribution is -2.61. The Kier molecular flexibility index (Phi) is 4.63. The molecular weight excluding hydrogens is 336 g/mol. The van der Waals surface area contributed by atoms with Crippen LogP contribution in [-0.2, 0) is 9.59 Å². The van der Waals surface area contributed by atoms with E-state index < -0.39 is 0 Å². The van der Waals surface area contributed by atoms with Gasteiger partial charge < -0.3 is 10.2 Å². The van der Waals surface area contributed by atoms with Crippen molar-refractivity contribution < 1.29 is 9.59 Å². The van der Waals surface area contributed by atoms with Crippen LogP contribution in [0, 0.1) is 34.5 Å². The second-order valence-electron chi connectivity index (χ2n) is 10.8. The van der Waals surface area contributed by atoms with Crippen molar-refractivity contribution in [2.75, 3.05) is 7.05 Å². The number of rotatable bonds is 2. The van der Waals surface area contributed by atoms with Crippen LogP contribution in [0.1, 0.15) is 79.1 Å². The molecule has 0 aromatic heterocycles. The second-order valence-corrected chi connectivity index (χ2v) is 10.8. The number of piperidine rings is 1. The van der Waals surface area contributed by atoms with E-state index in [-0.39, 0.29) is 28.7 Å². The summed E-state index contributed by atoms with van der Waals surface area (Å²) in [6.45, 7) is 9.01. The summed E-state index contributed by atoms with van der Waals surface area (Å²) in [5.41, 5.74) is 0.435. The van der Waals surface area contributed by atoms with E-state index in [0.29, 0.717) is 24.3 Å². The van der Waals surface area contributed by atoms with Crippen LogP contribution in [0.15, 0.2) is 0 Å². The van der Waals surface area contributed by atoms with Crippen LogP contribution in [-0.4, -0.2) is 35.8 Å². The third-order valence-electron chi connectivity index (χ3n) is 9.30. The maximum atomic E-state index is 12.9. The van der Waals surface area contributed by atoms with Crippen molar-refractivity contribution in [2.24, 2.45) is 34.5 Å². The van der Waals surface area contributed by atoms with Crippen molar-refractivity contribution in [3.63, 3.8) is 0 Å². The predicted molar refractivity (Wildman–Crippen MR) is 107 cm³/mol. The molecule has 3 aliphatic carbocycles. The molecule has 1 N–H and O–H groups in total. The summed E-state index contributed by atoms with van der Waals surface area (Å²) < 4.78 is 0. The Morgan fingerprint density at radius 2 is 1.74 bits per heavy atom. The van der Waals surface area contributed by atoms with Gasteiger partial charge in [0.2, 0.25) is 11.8 Å². The molecule has 1 heterocycles. The van der Waals surface area contributed by atoms with Gasteiger partial charge in [0.25, 0.3) is 0 Å². The number of nitrogens with zero attached hydrogens (tertiary/aromatic N) is 1. The van der Waals surface area contributed by atoms with Crippen LogP contribution in [0.2, 0.25) is 0 Å². The summed E-state index contributed by atoms with van der Waals surface area (Å²) in [6.07, 6.45) is 8.84. The van der Waals surface area contributed by atoms with Crippen molar-refractivity contribution >= 4 is 11.8 Å². The molecule has 4 aliphatic rings. The summed E-state index contributed by atoms with van der Waals surface area (Å²) in [7, 11) is 2.03. The highest BCUT2D eigenvalue weighted by Crippen LogP contribution is 2.66. The van der Waals surface area contributed by atoms with E-state index >= 15 is 0 Å². The van der Waals surface area contributed by atoms with Gasteiger partial charge in [-0.3, -0.25) is 9.59 Å². The molecule has 0 bridgehead atoms. The molecular formula is C23H38N2O2. The van der Waals surface area contributed by atoms with Crippen molar-refractivity contribution in [1.82, 2.24) is 10.2 Å². The fourth-order valence-electron chi connectivity index (χ4n) is 7.97. The number of carbonyl (C=O) groups is 2. The minimum atomic E-state index is 0.166. The largest absolute Gasteiger partial charge is 0.354 e. The van der Waals surface area contributed by atoms with Gasteiger partial charge in [-0.15, -0.1) is 0 Å². The molecule has 4 rings (SSSR count). The van der Waals surface area contributed by atoms with Gasteiger partial charge in [-0.1, -0.05) is 13.8 Å². The topological polar surface area (TPSA) is 49.4 Å². The van der Waals surface area contributed by atoms with E-state index in [1.54, 1.807) is 0 Å². The zero-order valence-electron chi connectivity index (χ0n) is 17.9. The highest BCUT2D eigenvalue weighted by molar-refractivity contribution is 5.80. The van der Waals surface area contributed by atoms with Crippen LogP contribution < -0.4 is 5.32 Å². The standard InChI is InChI=1S/C23H38N2O2/c1-14(2)24-21(27)18-8-7-16-15-6-9-19-23(4,13-11-20(26)25(19)5)17(15)10-12-22(16,18)3/h14-19H,6-13H2,1-5H3,(H,24,27)/t15-,16-,17-,18+,19?,22-,23+/m0/s1. The first-order valence-corrected chi connectivity index (χ1v) is 11.2. The lowest BCUT2D eigenvalue weighted by Gasteiger charge is -2.61. The monoisotopic (exact) mass is 374 g/mol. The minimum Gasteiger partial charge on any atom is -0.354 e. The van der Waals surface area contributed by atoms with Crippen LogP contribution in [0.25, 0.3) is 0 Å². The van der Waals surface area contributed by atoms with Gasteiger partial charge in [-0.2, -0.15) is 0 Å². The third-order valence-corrected chi connectivity index (χ3v) is 9.30. The van der Waals surface area contributed by atoms with E-state index in [1.165, 1.54) is 25.7 Å². The Morgan fingerprint density at radius 1 is 1.04 bits per heavy atom. The molecule has 0 aromatic carbocycles. The average Bonchev–Trinajstić information content (AvgIpc) is 2.95. The summed E-state index contributed by atoms with van der Waals surface area (Å²) in [6, 6.07) is 0.645. The first-order valence-electron chi connectivity index (χ1n) is 11.2. The maximum Gasteiger partial charge on any atom is 0.223 e. The first-order chi connectivity index (χ1) is 12.7. The van der Waals surface area contributed by atoms with Crippen LogP contribution in [0.3, 0.4) is 0 Å². The number of fused-ring (bicyclic) bond motifs is 5. The van der Waals surface area contributed by atoms with Gasteiger partial charge in [0, 0.05) is 31.5 Å². The SMILES string of the molecule is CC(C)NC(=O)[C@H]1CC[C@H]2[C@@H]3CCC4N(C)C(=O)CC[C@]4(C)[C@H]3CC[C@]12C. The molecule has 1 unspecified atom stereocenters. The van der Waals surface area contributed by atoms with Gasteiger partial charge in [-0.05, 0) is 87.4 Å². The number of hydrogen-bond donors (Lipinski definition) is 1. The number of likely N-dealkylation sites (tertiary alicyclic amines) is 1. The number of amides is 2. The summed E-state index contributed by atoms with van der Waals surface area (Å²) in [5.74, 6) is 2.95. The van der Waals surface area contributed by atoms with E-state index in [1.807, 2.05) is 7.05 Å². The molecule has 27 heavy (non-hydrogen) atoms. The molecule has 152 valence electrons. The van der Waals surface area contributed by atoms with Gasteiger partial charge in [0.15, 0.2) is 0 Å². The van der Waals surface area contributed by atoms with Crippen LogP contribution in [0.5, 0.6) is 0 Å². The molecule has 3 saturated carbocycles. The Labute approximate surface area is 164 Å². The highest BCUT2D eigenvalue weighted by Gasteiger charge is 2.62. The Balaban J connectivity index is 1.58. The second kappa shape index (κ2) is 6.49. The van der Waals surface area contributed by atoms with Crippen molar-refractivity contribution in [3.8, 4) is 0 Å². The van der Waals surface area contributed by atoms with E-state index in [9.17, 15) is 9.59 Å². The maximum absolute atomic E-state index is 12.9. The molecule has 4 heteroatoms. The normalized spacial score (nSPS) is 46.7. The smallest absolute Gasteiger partial charge is 0.223 e. The number of hydrogen-bond acceptors (Lipinski definition) is 2. The van der Waals surface area contributed by atoms with Gasteiger partial charge >= 0.3 is 0 Å². The van der Waals surface area contributed by atoms with Crippen LogP contribution >= 0.6 is 0 Å².